The summed E-state index contributed by atoms with van der Waals surface area (Å²) in [7, 11) is 0. The van der Waals surface area contributed by atoms with Crippen molar-refractivity contribution in [2.24, 2.45) is 0 Å². The van der Waals surface area contributed by atoms with Crippen LogP contribution in [-0.4, -0.2) is 5.97 Å². The molecule has 1 atom stereocenters. The minimum atomic E-state index is -0.151. The average Bonchev–Trinajstić information content (AvgIpc) is 2.39. The van der Waals surface area contributed by atoms with Gasteiger partial charge in [0.15, 0.2) is 0 Å². The van der Waals surface area contributed by atoms with Crippen LogP contribution in [0.15, 0.2) is 48.5 Å². The highest BCUT2D eigenvalue weighted by Gasteiger charge is 2.29. The van der Waals surface area contributed by atoms with Crippen LogP contribution in [0.2, 0.25) is 0 Å². The van der Waals surface area contributed by atoms with Crippen molar-refractivity contribution in [3.8, 4) is 5.75 Å². The number of benzene rings is 2. The monoisotopic (exact) mass is 238 g/mol. The maximum atomic E-state index is 11.7. The SMILES string of the molecule is Cc1cccc2c1[C@@H](c1ccccc1)CC(=O)O2. The standard InChI is InChI=1S/C16H14O2/c1-11-6-5-9-14-16(11)13(10-15(17)18-14)12-7-3-2-4-8-12/h2-9,13H,10H2,1H3/t13-/m1/s1. The van der Waals surface area contributed by atoms with Crippen LogP contribution in [0, 0.1) is 6.92 Å². The normalized spacial score (nSPS) is 18.1. The lowest BCUT2D eigenvalue weighted by atomic mass is 9.84. The Balaban J connectivity index is 2.15. The van der Waals surface area contributed by atoms with Crippen LogP contribution in [-0.2, 0) is 4.79 Å². The molecule has 2 aromatic rings. The quantitative estimate of drug-likeness (QED) is 0.562. The fourth-order valence-electron chi connectivity index (χ4n) is 2.59. The van der Waals surface area contributed by atoms with E-state index in [1.54, 1.807) is 0 Å². The van der Waals surface area contributed by atoms with Crippen molar-refractivity contribution in [1.29, 1.82) is 0 Å². The van der Waals surface area contributed by atoms with E-state index in [9.17, 15) is 4.79 Å². The average molecular weight is 238 g/mol. The maximum Gasteiger partial charge on any atom is 0.312 e. The third kappa shape index (κ3) is 1.80. The summed E-state index contributed by atoms with van der Waals surface area (Å²) < 4.78 is 5.33. The molecule has 0 N–H and O–H groups in total. The third-order valence-electron chi connectivity index (χ3n) is 3.43. The van der Waals surface area contributed by atoms with E-state index in [1.807, 2.05) is 30.3 Å². The third-order valence-corrected chi connectivity index (χ3v) is 3.43. The van der Waals surface area contributed by atoms with Gasteiger partial charge in [0.2, 0.25) is 0 Å². The van der Waals surface area contributed by atoms with Gasteiger partial charge in [-0.2, -0.15) is 0 Å². The summed E-state index contributed by atoms with van der Waals surface area (Å²) in [4.78, 5) is 11.7. The first-order valence-electron chi connectivity index (χ1n) is 6.11. The van der Waals surface area contributed by atoms with Crippen molar-refractivity contribution < 1.29 is 9.53 Å². The molecule has 0 spiro atoms. The smallest absolute Gasteiger partial charge is 0.312 e. The highest BCUT2D eigenvalue weighted by atomic mass is 16.5. The molecule has 0 saturated carbocycles. The summed E-state index contributed by atoms with van der Waals surface area (Å²) >= 11 is 0. The summed E-state index contributed by atoms with van der Waals surface area (Å²) in [5, 5.41) is 0. The van der Waals surface area contributed by atoms with Gasteiger partial charge in [-0.05, 0) is 24.1 Å². The van der Waals surface area contributed by atoms with E-state index < -0.39 is 0 Å². The van der Waals surface area contributed by atoms with Crippen LogP contribution in [0.4, 0.5) is 0 Å². The molecule has 0 saturated heterocycles. The molecule has 90 valence electrons. The number of ether oxygens (including phenoxy) is 1. The summed E-state index contributed by atoms with van der Waals surface area (Å²) in [6.45, 7) is 2.06. The predicted octanol–water partition coefficient (Wildman–Crippen LogP) is 3.44. The molecule has 2 heteroatoms. The summed E-state index contributed by atoms with van der Waals surface area (Å²) in [5.41, 5.74) is 3.49. The zero-order valence-electron chi connectivity index (χ0n) is 10.2. The van der Waals surface area contributed by atoms with Crippen LogP contribution in [0.25, 0.3) is 0 Å². The van der Waals surface area contributed by atoms with Crippen LogP contribution < -0.4 is 4.74 Å². The van der Waals surface area contributed by atoms with Crippen molar-refractivity contribution in [3.63, 3.8) is 0 Å². The van der Waals surface area contributed by atoms with E-state index in [2.05, 4.69) is 25.1 Å². The molecule has 0 bridgehead atoms. The Morgan fingerprint density at radius 2 is 1.83 bits per heavy atom. The van der Waals surface area contributed by atoms with E-state index in [-0.39, 0.29) is 11.9 Å². The first-order valence-corrected chi connectivity index (χ1v) is 6.11. The molecule has 2 nitrogen and oxygen atoms in total. The summed E-state index contributed by atoms with van der Waals surface area (Å²) in [6, 6.07) is 16.0. The Kier molecular flexibility index (Phi) is 2.63. The Labute approximate surface area is 106 Å². The second-order valence-corrected chi connectivity index (χ2v) is 4.63. The molecule has 0 aliphatic carbocycles. The van der Waals surface area contributed by atoms with Crippen molar-refractivity contribution in [2.45, 2.75) is 19.3 Å². The number of aryl methyl sites for hydroxylation is 1. The molecule has 0 unspecified atom stereocenters. The number of esters is 1. The van der Waals surface area contributed by atoms with Crippen molar-refractivity contribution in [2.75, 3.05) is 0 Å². The minimum absolute atomic E-state index is 0.114. The van der Waals surface area contributed by atoms with Gasteiger partial charge in [-0.1, -0.05) is 42.5 Å². The molecule has 0 fully saturated rings. The van der Waals surface area contributed by atoms with Gasteiger partial charge in [0.25, 0.3) is 0 Å². The fraction of sp³-hybridized carbons (Fsp3) is 0.188. The van der Waals surface area contributed by atoms with Crippen molar-refractivity contribution >= 4 is 5.97 Å². The summed E-state index contributed by atoms with van der Waals surface area (Å²) in [6.07, 6.45) is 0.419. The lowest BCUT2D eigenvalue weighted by Crippen LogP contribution is -2.21. The van der Waals surface area contributed by atoms with E-state index in [0.29, 0.717) is 12.2 Å². The number of carbonyl (C=O) groups excluding carboxylic acids is 1. The van der Waals surface area contributed by atoms with E-state index in [1.165, 1.54) is 11.1 Å². The van der Waals surface area contributed by atoms with Crippen LogP contribution in [0.1, 0.15) is 29.0 Å². The lowest BCUT2D eigenvalue weighted by molar-refractivity contribution is -0.135. The highest BCUT2D eigenvalue weighted by molar-refractivity contribution is 5.78. The second-order valence-electron chi connectivity index (χ2n) is 4.63. The van der Waals surface area contributed by atoms with Gasteiger partial charge >= 0.3 is 5.97 Å². The number of carbonyl (C=O) groups is 1. The number of hydrogen-bond donors (Lipinski definition) is 0. The van der Waals surface area contributed by atoms with Crippen LogP contribution in [0.3, 0.4) is 0 Å². The van der Waals surface area contributed by atoms with Crippen LogP contribution >= 0.6 is 0 Å². The molecule has 0 radical (unpaired) electrons. The molecule has 0 aromatic heterocycles. The fourth-order valence-corrected chi connectivity index (χ4v) is 2.59. The second kappa shape index (κ2) is 4.30. The van der Waals surface area contributed by atoms with Crippen molar-refractivity contribution in [1.82, 2.24) is 0 Å². The molecule has 1 aliphatic heterocycles. The Hall–Kier alpha value is -2.09. The molecule has 0 amide bonds. The van der Waals surface area contributed by atoms with E-state index in [0.717, 1.165) is 5.56 Å². The Bertz CT molecular complexity index is 587. The van der Waals surface area contributed by atoms with Crippen molar-refractivity contribution in [3.05, 3.63) is 65.2 Å². The molecule has 1 heterocycles. The van der Waals surface area contributed by atoms with E-state index in [4.69, 9.17) is 4.74 Å². The van der Waals surface area contributed by atoms with Gasteiger partial charge in [-0.25, -0.2) is 0 Å². The minimum Gasteiger partial charge on any atom is -0.426 e. The topological polar surface area (TPSA) is 26.3 Å². The molecular formula is C16H14O2. The van der Waals surface area contributed by atoms with Gasteiger partial charge in [0.05, 0.1) is 6.42 Å². The Morgan fingerprint density at radius 3 is 2.61 bits per heavy atom. The van der Waals surface area contributed by atoms with E-state index >= 15 is 0 Å². The van der Waals surface area contributed by atoms with Gasteiger partial charge in [-0.15, -0.1) is 0 Å². The zero-order valence-corrected chi connectivity index (χ0v) is 10.2. The maximum absolute atomic E-state index is 11.7. The zero-order chi connectivity index (χ0) is 12.5. The van der Waals surface area contributed by atoms with Gasteiger partial charge in [-0.3, -0.25) is 4.79 Å². The molecular weight excluding hydrogens is 224 g/mol. The Morgan fingerprint density at radius 1 is 1.06 bits per heavy atom. The summed E-state index contributed by atoms with van der Waals surface area (Å²) in [5.74, 6) is 0.672. The number of rotatable bonds is 1. The first kappa shape index (κ1) is 11.0. The number of fused-ring (bicyclic) bond motifs is 1. The van der Waals surface area contributed by atoms with Gasteiger partial charge in [0.1, 0.15) is 5.75 Å². The molecule has 18 heavy (non-hydrogen) atoms. The van der Waals surface area contributed by atoms with Crippen LogP contribution in [0.5, 0.6) is 5.75 Å². The molecule has 3 rings (SSSR count). The molecule has 2 aromatic carbocycles. The number of hydrogen-bond acceptors (Lipinski definition) is 2. The highest BCUT2D eigenvalue weighted by Crippen LogP contribution is 2.40. The van der Waals surface area contributed by atoms with Gasteiger partial charge in [0, 0.05) is 11.5 Å². The van der Waals surface area contributed by atoms with Gasteiger partial charge < -0.3 is 4.74 Å². The largest absolute Gasteiger partial charge is 0.426 e. The first-order chi connectivity index (χ1) is 8.75. The molecule has 1 aliphatic rings. The lowest BCUT2D eigenvalue weighted by Gasteiger charge is -2.26. The predicted molar refractivity (Wildman–Crippen MR) is 69.7 cm³/mol.